The van der Waals surface area contributed by atoms with Gasteiger partial charge in [-0.2, -0.15) is 4.98 Å². The largest absolute Gasteiger partial charge is 0.350 e. The molecular formula is C21H24ClN5O2S. The normalized spacial score (nSPS) is 16.5. The lowest BCUT2D eigenvalue weighted by atomic mass is 10.2. The lowest BCUT2D eigenvalue weighted by Crippen LogP contribution is -2.53. The molecule has 2 aromatic heterocycles. The number of nitrogens with one attached hydrogen (secondary N) is 1. The third-order valence-corrected chi connectivity index (χ3v) is 6.41. The van der Waals surface area contributed by atoms with E-state index in [4.69, 9.17) is 16.1 Å². The Balaban J connectivity index is 1.24. The van der Waals surface area contributed by atoms with E-state index in [1.54, 1.807) is 11.3 Å². The zero-order valence-electron chi connectivity index (χ0n) is 16.8. The van der Waals surface area contributed by atoms with E-state index >= 15 is 0 Å². The van der Waals surface area contributed by atoms with Crippen LogP contribution in [-0.4, -0.2) is 58.1 Å². The van der Waals surface area contributed by atoms with E-state index in [-0.39, 0.29) is 11.9 Å². The summed E-state index contributed by atoms with van der Waals surface area (Å²) in [4.78, 5) is 22.6. The minimum absolute atomic E-state index is 0.0707. The zero-order chi connectivity index (χ0) is 20.9. The average molecular weight is 446 g/mol. The Morgan fingerprint density at radius 2 is 2.00 bits per heavy atom. The molecule has 9 heteroatoms. The molecule has 0 saturated carbocycles. The maximum Gasteiger partial charge on any atom is 0.241 e. The van der Waals surface area contributed by atoms with Gasteiger partial charge in [0.25, 0.3) is 0 Å². The van der Waals surface area contributed by atoms with E-state index < -0.39 is 0 Å². The molecule has 1 aromatic carbocycles. The van der Waals surface area contributed by atoms with Crippen LogP contribution in [0.5, 0.6) is 0 Å². The van der Waals surface area contributed by atoms with Crippen molar-refractivity contribution in [1.82, 2.24) is 25.3 Å². The number of aromatic nitrogens is 2. The van der Waals surface area contributed by atoms with Gasteiger partial charge < -0.3 is 9.84 Å². The first-order valence-corrected chi connectivity index (χ1v) is 11.2. The molecule has 4 rings (SSSR count). The molecule has 1 aliphatic rings. The molecule has 7 nitrogen and oxygen atoms in total. The molecule has 1 atom stereocenters. The van der Waals surface area contributed by atoms with Crippen molar-refractivity contribution >= 4 is 28.8 Å². The van der Waals surface area contributed by atoms with Gasteiger partial charge in [0.1, 0.15) is 0 Å². The van der Waals surface area contributed by atoms with Crippen molar-refractivity contribution in [1.29, 1.82) is 0 Å². The van der Waals surface area contributed by atoms with Crippen LogP contribution in [0.4, 0.5) is 0 Å². The summed E-state index contributed by atoms with van der Waals surface area (Å²) in [5.41, 5.74) is 0.876. The minimum Gasteiger partial charge on any atom is -0.350 e. The molecule has 1 unspecified atom stereocenters. The summed E-state index contributed by atoms with van der Waals surface area (Å²) in [6.07, 6.45) is 0. The summed E-state index contributed by atoms with van der Waals surface area (Å²) >= 11 is 7.58. The van der Waals surface area contributed by atoms with Crippen molar-refractivity contribution in [2.75, 3.05) is 26.2 Å². The Kier molecular flexibility index (Phi) is 6.79. The molecule has 30 heavy (non-hydrogen) atoms. The molecule has 1 aliphatic heterocycles. The van der Waals surface area contributed by atoms with E-state index in [0.29, 0.717) is 29.8 Å². The summed E-state index contributed by atoms with van der Waals surface area (Å²) in [7, 11) is 0. The number of carbonyl (C=O) groups is 1. The van der Waals surface area contributed by atoms with E-state index in [0.717, 1.165) is 36.6 Å². The maximum absolute atomic E-state index is 12.5. The van der Waals surface area contributed by atoms with E-state index in [1.807, 2.05) is 48.7 Å². The SMILES string of the molecule is CC(C(=O)NCc1cccs1)N1CCN(Cc2nc(-c3ccc(Cl)cc3)no2)CC1. The quantitative estimate of drug-likeness (QED) is 0.601. The molecular weight excluding hydrogens is 422 g/mol. The number of benzene rings is 1. The topological polar surface area (TPSA) is 74.5 Å². The van der Waals surface area contributed by atoms with Gasteiger partial charge in [0.05, 0.1) is 19.1 Å². The van der Waals surface area contributed by atoms with Crippen LogP contribution in [0.3, 0.4) is 0 Å². The highest BCUT2D eigenvalue weighted by atomic mass is 35.5. The van der Waals surface area contributed by atoms with Gasteiger partial charge in [0.2, 0.25) is 17.6 Å². The third kappa shape index (κ3) is 5.26. The van der Waals surface area contributed by atoms with Crippen LogP contribution < -0.4 is 5.32 Å². The summed E-state index contributed by atoms with van der Waals surface area (Å²) in [5, 5.41) is 9.80. The second kappa shape index (κ2) is 9.70. The first-order valence-electron chi connectivity index (χ1n) is 9.93. The Morgan fingerprint density at radius 1 is 1.23 bits per heavy atom. The first-order chi connectivity index (χ1) is 14.6. The smallest absolute Gasteiger partial charge is 0.241 e. The highest BCUT2D eigenvalue weighted by Crippen LogP contribution is 2.19. The van der Waals surface area contributed by atoms with Crippen molar-refractivity contribution in [3.63, 3.8) is 0 Å². The molecule has 1 amide bonds. The highest BCUT2D eigenvalue weighted by molar-refractivity contribution is 7.09. The van der Waals surface area contributed by atoms with Gasteiger partial charge >= 0.3 is 0 Å². The molecule has 1 N–H and O–H groups in total. The fourth-order valence-corrected chi connectivity index (χ4v) is 4.21. The van der Waals surface area contributed by atoms with Crippen molar-refractivity contribution < 1.29 is 9.32 Å². The van der Waals surface area contributed by atoms with Crippen LogP contribution in [0.1, 0.15) is 17.7 Å². The zero-order valence-corrected chi connectivity index (χ0v) is 18.3. The third-order valence-electron chi connectivity index (χ3n) is 5.28. The second-order valence-corrected chi connectivity index (χ2v) is 8.77. The highest BCUT2D eigenvalue weighted by Gasteiger charge is 2.26. The van der Waals surface area contributed by atoms with E-state index in [9.17, 15) is 4.79 Å². The Morgan fingerprint density at radius 3 is 2.70 bits per heavy atom. The van der Waals surface area contributed by atoms with Gasteiger partial charge in [0.15, 0.2) is 0 Å². The monoisotopic (exact) mass is 445 g/mol. The first kappa shape index (κ1) is 21.0. The number of amides is 1. The summed E-state index contributed by atoms with van der Waals surface area (Å²) in [6, 6.07) is 11.3. The summed E-state index contributed by atoms with van der Waals surface area (Å²) < 4.78 is 5.42. The molecule has 0 bridgehead atoms. The van der Waals surface area contributed by atoms with Gasteiger partial charge in [0, 0.05) is 41.6 Å². The minimum atomic E-state index is -0.146. The van der Waals surface area contributed by atoms with Gasteiger partial charge in [-0.05, 0) is 42.6 Å². The molecule has 0 aliphatic carbocycles. The molecule has 3 aromatic rings. The van der Waals surface area contributed by atoms with Crippen LogP contribution in [0.2, 0.25) is 5.02 Å². The van der Waals surface area contributed by atoms with Crippen molar-refractivity contribution in [2.45, 2.75) is 26.1 Å². The molecule has 0 radical (unpaired) electrons. The fraction of sp³-hybridized carbons (Fsp3) is 0.381. The van der Waals surface area contributed by atoms with Crippen LogP contribution in [-0.2, 0) is 17.9 Å². The molecule has 0 spiro atoms. The number of halogens is 1. The lowest BCUT2D eigenvalue weighted by molar-refractivity contribution is -0.126. The number of piperazine rings is 1. The van der Waals surface area contributed by atoms with Crippen LogP contribution in [0.25, 0.3) is 11.4 Å². The number of hydrogen-bond acceptors (Lipinski definition) is 7. The number of nitrogens with zero attached hydrogens (tertiary/aromatic N) is 4. The second-order valence-electron chi connectivity index (χ2n) is 7.30. The van der Waals surface area contributed by atoms with Crippen molar-refractivity contribution in [2.24, 2.45) is 0 Å². The number of hydrogen-bond donors (Lipinski definition) is 1. The van der Waals surface area contributed by atoms with Gasteiger partial charge in [-0.1, -0.05) is 22.8 Å². The van der Waals surface area contributed by atoms with Gasteiger partial charge in [-0.3, -0.25) is 14.6 Å². The number of thiophene rings is 1. The molecule has 1 saturated heterocycles. The van der Waals surface area contributed by atoms with Crippen LogP contribution in [0, 0.1) is 0 Å². The average Bonchev–Trinajstić information content (AvgIpc) is 3.45. The number of rotatable bonds is 7. The van der Waals surface area contributed by atoms with Gasteiger partial charge in [-0.15, -0.1) is 11.3 Å². The molecule has 3 heterocycles. The standard InChI is InChI=1S/C21H24ClN5O2S/c1-15(21(28)23-13-18-3-2-12-30-18)27-10-8-26(9-11-27)14-19-24-20(25-29-19)16-4-6-17(22)7-5-16/h2-7,12,15H,8-11,13-14H2,1H3,(H,23,28). The fourth-order valence-electron chi connectivity index (χ4n) is 3.44. The van der Waals surface area contributed by atoms with Crippen molar-refractivity contribution in [3.8, 4) is 11.4 Å². The van der Waals surface area contributed by atoms with Crippen molar-refractivity contribution in [3.05, 3.63) is 57.6 Å². The predicted octanol–water partition coefficient (Wildman–Crippen LogP) is 3.27. The van der Waals surface area contributed by atoms with E-state index in [1.165, 1.54) is 0 Å². The Hall–Kier alpha value is -2.26. The summed E-state index contributed by atoms with van der Waals surface area (Å²) in [5.74, 6) is 1.23. The predicted molar refractivity (Wildman–Crippen MR) is 117 cm³/mol. The Bertz CT molecular complexity index is 952. The lowest BCUT2D eigenvalue weighted by Gasteiger charge is -2.36. The summed E-state index contributed by atoms with van der Waals surface area (Å²) in [6.45, 7) is 6.51. The number of carbonyl (C=O) groups excluding carboxylic acids is 1. The van der Waals surface area contributed by atoms with Crippen LogP contribution in [0.15, 0.2) is 46.3 Å². The van der Waals surface area contributed by atoms with E-state index in [2.05, 4.69) is 25.3 Å². The van der Waals surface area contributed by atoms with Gasteiger partial charge in [-0.25, -0.2) is 0 Å². The molecule has 1 fully saturated rings. The maximum atomic E-state index is 12.5. The molecule has 158 valence electrons. The Labute approximate surface area is 184 Å². The van der Waals surface area contributed by atoms with Crippen LogP contribution >= 0.6 is 22.9 Å².